The molecule has 1 saturated heterocycles. The van der Waals surface area contributed by atoms with Gasteiger partial charge in [0.2, 0.25) is 0 Å². The molecule has 0 spiro atoms. The van der Waals surface area contributed by atoms with Crippen LogP contribution in [0.2, 0.25) is 5.02 Å². The number of aliphatic hydroxyl groups excluding tert-OH is 1. The fraction of sp³-hybridized carbons (Fsp3) is 0.412. The number of likely N-dealkylation sites (tertiary alicyclic amines) is 1. The van der Waals surface area contributed by atoms with E-state index in [0.717, 1.165) is 49.6 Å². The third-order valence-corrected chi connectivity index (χ3v) is 4.37. The van der Waals surface area contributed by atoms with E-state index in [1.54, 1.807) is 0 Å². The van der Waals surface area contributed by atoms with E-state index in [9.17, 15) is 5.11 Å². The smallest absolute Gasteiger partial charge is 0.135 e. The zero-order valence-electron chi connectivity index (χ0n) is 12.0. The predicted octanol–water partition coefficient (Wildman–Crippen LogP) is 3.80. The van der Waals surface area contributed by atoms with Crippen molar-refractivity contribution in [1.82, 2.24) is 4.90 Å². The molecule has 1 N–H and O–H groups in total. The van der Waals surface area contributed by atoms with E-state index >= 15 is 0 Å². The van der Waals surface area contributed by atoms with Crippen LogP contribution in [0.25, 0.3) is 11.3 Å². The molecule has 112 valence electrons. The second-order valence-corrected chi connectivity index (χ2v) is 6.08. The Morgan fingerprint density at radius 3 is 2.90 bits per heavy atom. The van der Waals surface area contributed by atoms with Gasteiger partial charge in [-0.1, -0.05) is 23.7 Å². The van der Waals surface area contributed by atoms with Crippen LogP contribution in [0.5, 0.6) is 0 Å². The van der Waals surface area contributed by atoms with Gasteiger partial charge < -0.3 is 9.52 Å². The molecule has 0 bridgehead atoms. The van der Waals surface area contributed by atoms with E-state index in [4.69, 9.17) is 16.0 Å². The van der Waals surface area contributed by atoms with Crippen LogP contribution in [0, 0.1) is 5.92 Å². The number of rotatable bonds is 4. The second-order valence-electron chi connectivity index (χ2n) is 5.67. The molecular weight excluding hydrogens is 286 g/mol. The van der Waals surface area contributed by atoms with Gasteiger partial charge in [0.05, 0.1) is 11.6 Å². The minimum absolute atomic E-state index is 0.277. The molecular formula is C17H20ClNO2. The quantitative estimate of drug-likeness (QED) is 0.933. The summed E-state index contributed by atoms with van der Waals surface area (Å²) in [6, 6.07) is 11.7. The van der Waals surface area contributed by atoms with Gasteiger partial charge in [-0.2, -0.15) is 0 Å². The highest BCUT2D eigenvalue weighted by Gasteiger charge is 2.20. The van der Waals surface area contributed by atoms with Crippen LogP contribution in [0.4, 0.5) is 0 Å². The topological polar surface area (TPSA) is 36.6 Å². The normalized spacial score (nSPS) is 19.8. The van der Waals surface area contributed by atoms with Crippen LogP contribution in [0.3, 0.4) is 0 Å². The lowest BCUT2D eigenvalue weighted by molar-refractivity contribution is 0.110. The zero-order valence-corrected chi connectivity index (χ0v) is 12.7. The summed E-state index contributed by atoms with van der Waals surface area (Å²) in [5, 5.41) is 10.00. The predicted molar refractivity (Wildman–Crippen MR) is 84.2 cm³/mol. The van der Waals surface area contributed by atoms with Crippen LogP contribution in [0.1, 0.15) is 18.6 Å². The number of hydrogen-bond acceptors (Lipinski definition) is 3. The van der Waals surface area contributed by atoms with E-state index < -0.39 is 0 Å². The molecule has 1 fully saturated rings. The number of furan rings is 1. The Bertz CT molecular complexity index is 596. The van der Waals surface area contributed by atoms with Crippen molar-refractivity contribution in [3.8, 4) is 11.3 Å². The highest BCUT2D eigenvalue weighted by Crippen LogP contribution is 2.29. The molecule has 1 aromatic carbocycles. The lowest BCUT2D eigenvalue weighted by Crippen LogP contribution is -2.36. The van der Waals surface area contributed by atoms with Crippen molar-refractivity contribution in [2.75, 3.05) is 19.7 Å². The average Bonchev–Trinajstić information content (AvgIpc) is 2.96. The molecule has 1 aliphatic heterocycles. The fourth-order valence-electron chi connectivity index (χ4n) is 2.93. The molecule has 0 amide bonds. The first-order valence-corrected chi connectivity index (χ1v) is 7.81. The average molecular weight is 306 g/mol. The van der Waals surface area contributed by atoms with Crippen molar-refractivity contribution >= 4 is 11.6 Å². The van der Waals surface area contributed by atoms with Crippen LogP contribution in [-0.2, 0) is 6.54 Å². The Labute approximate surface area is 130 Å². The zero-order chi connectivity index (χ0) is 14.7. The summed E-state index contributed by atoms with van der Waals surface area (Å²) in [6.45, 7) is 3.08. The molecule has 4 heteroatoms. The largest absolute Gasteiger partial charge is 0.460 e. The van der Waals surface area contributed by atoms with Crippen molar-refractivity contribution in [3.63, 3.8) is 0 Å². The van der Waals surface area contributed by atoms with E-state index in [1.807, 2.05) is 36.4 Å². The summed E-state index contributed by atoms with van der Waals surface area (Å²) in [4.78, 5) is 2.35. The van der Waals surface area contributed by atoms with Crippen molar-refractivity contribution in [3.05, 3.63) is 47.2 Å². The van der Waals surface area contributed by atoms with E-state index in [1.165, 1.54) is 0 Å². The molecule has 2 heterocycles. The fourth-order valence-corrected chi connectivity index (χ4v) is 3.16. The van der Waals surface area contributed by atoms with Gasteiger partial charge in [-0.15, -0.1) is 0 Å². The first-order valence-electron chi connectivity index (χ1n) is 7.43. The number of nitrogens with zero attached hydrogens (tertiary/aromatic N) is 1. The van der Waals surface area contributed by atoms with Crippen LogP contribution in [-0.4, -0.2) is 29.7 Å². The van der Waals surface area contributed by atoms with E-state index in [0.29, 0.717) is 10.9 Å². The molecule has 3 nitrogen and oxygen atoms in total. The number of benzene rings is 1. The lowest BCUT2D eigenvalue weighted by atomic mass is 9.99. The van der Waals surface area contributed by atoms with Crippen LogP contribution in [0.15, 0.2) is 40.8 Å². The third-order valence-electron chi connectivity index (χ3n) is 4.04. The van der Waals surface area contributed by atoms with Crippen molar-refractivity contribution in [1.29, 1.82) is 0 Å². The third kappa shape index (κ3) is 3.49. The molecule has 0 unspecified atom stereocenters. The standard InChI is InChI=1S/C17H20ClNO2/c18-16-6-2-1-5-15(16)17-8-7-14(21-17)11-19-9-3-4-13(10-19)12-20/h1-2,5-8,13,20H,3-4,9-12H2/t13-/m0/s1. The van der Waals surface area contributed by atoms with Crippen molar-refractivity contribution in [2.45, 2.75) is 19.4 Å². The van der Waals surface area contributed by atoms with Gasteiger partial charge in [0, 0.05) is 18.7 Å². The van der Waals surface area contributed by atoms with Crippen molar-refractivity contribution in [2.24, 2.45) is 5.92 Å². The SMILES string of the molecule is OC[C@H]1CCCN(Cc2ccc(-c3ccccc3Cl)o2)C1. The van der Waals surface area contributed by atoms with Crippen LogP contribution < -0.4 is 0 Å². The Kier molecular flexibility index (Phi) is 4.63. The molecule has 0 saturated carbocycles. The molecule has 0 radical (unpaired) electrons. The summed E-state index contributed by atoms with van der Waals surface area (Å²) in [7, 11) is 0. The molecule has 1 aliphatic rings. The van der Waals surface area contributed by atoms with Gasteiger partial charge in [0.1, 0.15) is 11.5 Å². The summed E-state index contributed by atoms with van der Waals surface area (Å²) >= 11 is 6.20. The summed E-state index contributed by atoms with van der Waals surface area (Å²) in [5.74, 6) is 2.16. The van der Waals surface area contributed by atoms with Gasteiger partial charge in [-0.05, 0) is 49.6 Å². The highest BCUT2D eigenvalue weighted by atomic mass is 35.5. The Morgan fingerprint density at radius 1 is 1.24 bits per heavy atom. The number of halogens is 1. The number of hydrogen-bond donors (Lipinski definition) is 1. The maximum Gasteiger partial charge on any atom is 0.135 e. The summed E-state index contributed by atoms with van der Waals surface area (Å²) in [5.41, 5.74) is 0.928. The van der Waals surface area contributed by atoms with Gasteiger partial charge in [0.15, 0.2) is 0 Å². The summed E-state index contributed by atoms with van der Waals surface area (Å²) in [6.07, 6.45) is 2.26. The second kappa shape index (κ2) is 6.65. The maximum atomic E-state index is 9.29. The lowest BCUT2D eigenvalue weighted by Gasteiger charge is -2.30. The van der Waals surface area contributed by atoms with Gasteiger partial charge >= 0.3 is 0 Å². The molecule has 3 rings (SSSR count). The van der Waals surface area contributed by atoms with E-state index in [2.05, 4.69) is 4.90 Å². The van der Waals surface area contributed by atoms with E-state index in [-0.39, 0.29) is 6.61 Å². The Balaban J connectivity index is 1.69. The van der Waals surface area contributed by atoms with Gasteiger partial charge in [0.25, 0.3) is 0 Å². The molecule has 1 atom stereocenters. The van der Waals surface area contributed by atoms with Crippen molar-refractivity contribution < 1.29 is 9.52 Å². The highest BCUT2D eigenvalue weighted by molar-refractivity contribution is 6.33. The van der Waals surface area contributed by atoms with Gasteiger partial charge in [-0.25, -0.2) is 0 Å². The van der Waals surface area contributed by atoms with Crippen LogP contribution >= 0.6 is 11.6 Å². The minimum Gasteiger partial charge on any atom is -0.460 e. The minimum atomic E-state index is 0.277. The molecule has 1 aromatic heterocycles. The monoisotopic (exact) mass is 305 g/mol. The Hall–Kier alpha value is -1.29. The van der Waals surface area contributed by atoms with Gasteiger partial charge in [-0.3, -0.25) is 4.90 Å². The summed E-state index contributed by atoms with van der Waals surface area (Å²) < 4.78 is 5.93. The maximum absolute atomic E-state index is 9.29. The number of aliphatic hydroxyl groups is 1. The molecule has 0 aliphatic carbocycles. The number of piperidine rings is 1. The first-order chi connectivity index (χ1) is 10.3. The Morgan fingerprint density at radius 2 is 2.10 bits per heavy atom. The molecule has 2 aromatic rings. The molecule has 21 heavy (non-hydrogen) atoms. The first kappa shape index (κ1) is 14.6.